The van der Waals surface area contributed by atoms with Crippen molar-refractivity contribution in [3.05, 3.63) is 59.7 Å². The van der Waals surface area contributed by atoms with E-state index in [1.54, 1.807) is 0 Å². The molecule has 2 aromatic carbocycles. The summed E-state index contributed by atoms with van der Waals surface area (Å²) in [4.78, 5) is 0. The maximum absolute atomic E-state index is 3.64. The lowest BCUT2D eigenvalue weighted by Crippen LogP contribution is -2.07. The summed E-state index contributed by atoms with van der Waals surface area (Å²) in [6.45, 7) is 2.16. The normalized spacial score (nSPS) is 16.1. The van der Waals surface area contributed by atoms with Crippen molar-refractivity contribution in [2.75, 3.05) is 5.32 Å². The Balaban J connectivity index is 1.88. The maximum Gasteiger partial charge on any atom is 0.0419 e. The number of anilines is 2. The molecular weight excluding hydrogens is 242 g/mol. The molecule has 0 atom stereocenters. The molecule has 1 saturated carbocycles. The molecule has 0 bridgehead atoms. The molecule has 0 spiro atoms. The number of para-hydroxylation sites is 2. The van der Waals surface area contributed by atoms with Crippen LogP contribution in [-0.2, 0) is 0 Å². The number of hydrogen-bond donors (Lipinski definition) is 1. The predicted molar refractivity (Wildman–Crippen MR) is 86.7 cm³/mol. The summed E-state index contributed by atoms with van der Waals surface area (Å²) in [5, 5.41) is 3.64. The summed E-state index contributed by atoms with van der Waals surface area (Å²) in [5.41, 5.74) is 5.30. The van der Waals surface area contributed by atoms with Gasteiger partial charge in [-0.3, -0.25) is 0 Å². The first-order valence-electron chi connectivity index (χ1n) is 7.76. The van der Waals surface area contributed by atoms with Gasteiger partial charge in [0, 0.05) is 11.4 Å². The summed E-state index contributed by atoms with van der Waals surface area (Å²) in [7, 11) is 0. The lowest BCUT2D eigenvalue weighted by Gasteiger charge is -2.25. The van der Waals surface area contributed by atoms with Crippen LogP contribution in [0.4, 0.5) is 11.4 Å². The van der Waals surface area contributed by atoms with E-state index in [1.165, 1.54) is 54.6 Å². The third-order valence-corrected chi connectivity index (χ3v) is 4.42. The van der Waals surface area contributed by atoms with Crippen LogP contribution >= 0.6 is 0 Å². The highest BCUT2D eigenvalue weighted by Crippen LogP contribution is 2.37. The third-order valence-electron chi connectivity index (χ3n) is 4.42. The Kier molecular flexibility index (Phi) is 4.05. The van der Waals surface area contributed by atoms with Crippen molar-refractivity contribution in [3.8, 4) is 0 Å². The molecule has 3 rings (SSSR count). The highest BCUT2D eigenvalue weighted by Gasteiger charge is 2.18. The fourth-order valence-electron chi connectivity index (χ4n) is 3.24. The number of rotatable bonds is 3. The van der Waals surface area contributed by atoms with Gasteiger partial charge in [0.05, 0.1) is 0 Å². The van der Waals surface area contributed by atoms with Gasteiger partial charge in [0.25, 0.3) is 0 Å². The van der Waals surface area contributed by atoms with Gasteiger partial charge in [-0.05, 0) is 48.9 Å². The molecule has 20 heavy (non-hydrogen) atoms. The molecular formula is C19H23N. The molecule has 1 aliphatic rings. The Morgan fingerprint density at radius 3 is 2.20 bits per heavy atom. The van der Waals surface area contributed by atoms with Gasteiger partial charge < -0.3 is 5.32 Å². The zero-order valence-electron chi connectivity index (χ0n) is 12.2. The zero-order valence-corrected chi connectivity index (χ0v) is 12.2. The SMILES string of the molecule is Cc1ccccc1Nc1ccccc1C1CCCCC1. The molecule has 1 N–H and O–H groups in total. The number of aryl methyl sites for hydroxylation is 1. The fourth-order valence-corrected chi connectivity index (χ4v) is 3.24. The number of nitrogens with one attached hydrogen (secondary N) is 1. The second kappa shape index (κ2) is 6.13. The van der Waals surface area contributed by atoms with Gasteiger partial charge in [-0.15, -0.1) is 0 Å². The largest absolute Gasteiger partial charge is 0.355 e. The molecule has 0 radical (unpaired) electrons. The van der Waals surface area contributed by atoms with E-state index >= 15 is 0 Å². The van der Waals surface area contributed by atoms with Gasteiger partial charge in [-0.25, -0.2) is 0 Å². The van der Waals surface area contributed by atoms with Crippen molar-refractivity contribution in [1.29, 1.82) is 0 Å². The van der Waals surface area contributed by atoms with Gasteiger partial charge >= 0.3 is 0 Å². The van der Waals surface area contributed by atoms with Crippen LogP contribution in [-0.4, -0.2) is 0 Å². The standard InChI is InChI=1S/C19H23N/c1-15-9-5-7-13-18(15)20-19-14-8-6-12-17(19)16-10-3-2-4-11-16/h5-9,12-14,16,20H,2-4,10-11H2,1H3. The van der Waals surface area contributed by atoms with E-state index in [1.807, 2.05) is 0 Å². The highest BCUT2D eigenvalue weighted by molar-refractivity contribution is 5.66. The van der Waals surface area contributed by atoms with Crippen LogP contribution in [0.25, 0.3) is 0 Å². The number of hydrogen-bond acceptors (Lipinski definition) is 1. The minimum Gasteiger partial charge on any atom is -0.355 e. The van der Waals surface area contributed by atoms with Gasteiger partial charge in [-0.1, -0.05) is 55.7 Å². The van der Waals surface area contributed by atoms with Crippen molar-refractivity contribution in [1.82, 2.24) is 0 Å². The first-order valence-corrected chi connectivity index (χ1v) is 7.76. The van der Waals surface area contributed by atoms with Crippen LogP contribution in [0.5, 0.6) is 0 Å². The average Bonchev–Trinajstić information content (AvgIpc) is 2.51. The lowest BCUT2D eigenvalue weighted by molar-refractivity contribution is 0.444. The summed E-state index contributed by atoms with van der Waals surface area (Å²) in [5.74, 6) is 0.733. The van der Waals surface area contributed by atoms with Gasteiger partial charge in [0.15, 0.2) is 0 Å². The minimum atomic E-state index is 0.733. The van der Waals surface area contributed by atoms with E-state index in [-0.39, 0.29) is 0 Å². The smallest absolute Gasteiger partial charge is 0.0419 e. The molecule has 0 saturated heterocycles. The molecule has 0 aromatic heterocycles. The Bertz CT molecular complexity index is 567. The number of benzene rings is 2. The molecule has 0 amide bonds. The Morgan fingerprint density at radius 2 is 1.45 bits per heavy atom. The summed E-state index contributed by atoms with van der Waals surface area (Å²) < 4.78 is 0. The summed E-state index contributed by atoms with van der Waals surface area (Å²) in [6, 6.07) is 17.3. The summed E-state index contributed by atoms with van der Waals surface area (Å²) >= 11 is 0. The fraction of sp³-hybridized carbons (Fsp3) is 0.368. The van der Waals surface area contributed by atoms with Crippen molar-refractivity contribution in [3.63, 3.8) is 0 Å². The van der Waals surface area contributed by atoms with E-state index < -0.39 is 0 Å². The Hall–Kier alpha value is -1.76. The van der Waals surface area contributed by atoms with Crippen LogP contribution in [0, 0.1) is 6.92 Å². The van der Waals surface area contributed by atoms with Crippen LogP contribution in [0.3, 0.4) is 0 Å². The Morgan fingerprint density at radius 1 is 0.800 bits per heavy atom. The van der Waals surface area contributed by atoms with Gasteiger partial charge in [0.2, 0.25) is 0 Å². The first-order chi connectivity index (χ1) is 9.84. The van der Waals surface area contributed by atoms with Crippen molar-refractivity contribution >= 4 is 11.4 Å². The van der Waals surface area contributed by atoms with E-state index in [4.69, 9.17) is 0 Å². The van der Waals surface area contributed by atoms with Crippen molar-refractivity contribution in [2.24, 2.45) is 0 Å². The average molecular weight is 265 g/mol. The molecule has 0 heterocycles. The highest BCUT2D eigenvalue weighted by atomic mass is 14.9. The predicted octanol–water partition coefficient (Wildman–Crippen LogP) is 5.79. The van der Waals surface area contributed by atoms with Crippen LogP contribution in [0.1, 0.15) is 49.1 Å². The molecule has 1 aliphatic carbocycles. The first kappa shape index (κ1) is 13.2. The molecule has 1 heteroatoms. The molecule has 0 unspecified atom stereocenters. The van der Waals surface area contributed by atoms with Gasteiger partial charge in [0.1, 0.15) is 0 Å². The molecule has 0 aliphatic heterocycles. The minimum absolute atomic E-state index is 0.733. The lowest BCUT2D eigenvalue weighted by atomic mass is 9.83. The van der Waals surface area contributed by atoms with E-state index in [2.05, 4.69) is 60.8 Å². The van der Waals surface area contributed by atoms with Crippen molar-refractivity contribution in [2.45, 2.75) is 44.9 Å². The van der Waals surface area contributed by atoms with Crippen LogP contribution in [0.2, 0.25) is 0 Å². The summed E-state index contributed by atoms with van der Waals surface area (Å²) in [6.07, 6.45) is 6.84. The molecule has 104 valence electrons. The van der Waals surface area contributed by atoms with Crippen LogP contribution in [0.15, 0.2) is 48.5 Å². The topological polar surface area (TPSA) is 12.0 Å². The zero-order chi connectivity index (χ0) is 13.8. The van der Waals surface area contributed by atoms with Crippen molar-refractivity contribution < 1.29 is 0 Å². The third kappa shape index (κ3) is 2.87. The van der Waals surface area contributed by atoms with E-state index in [0.29, 0.717) is 0 Å². The quantitative estimate of drug-likeness (QED) is 0.741. The monoisotopic (exact) mass is 265 g/mol. The maximum atomic E-state index is 3.64. The molecule has 1 nitrogen and oxygen atoms in total. The second-order valence-corrected chi connectivity index (χ2v) is 5.86. The van der Waals surface area contributed by atoms with E-state index in [0.717, 1.165) is 5.92 Å². The second-order valence-electron chi connectivity index (χ2n) is 5.86. The van der Waals surface area contributed by atoms with Gasteiger partial charge in [-0.2, -0.15) is 0 Å². The van der Waals surface area contributed by atoms with E-state index in [9.17, 15) is 0 Å². The Labute approximate surface area is 122 Å². The van der Waals surface area contributed by atoms with Crippen LogP contribution < -0.4 is 5.32 Å². The molecule has 1 fully saturated rings. The molecule has 2 aromatic rings.